The molecule has 0 saturated heterocycles. The molecule has 1 heterocycles. The largest absolute Gasteiger partial charge is 0.310 e. The third kappa shape index (κ3) is 6.44. The van der Waals surface area contributed by atoms with Crippen LogP contribution in [-0.4, -0.2) is 0 Å². The van der Waals surface area contributed by atoms with E-state index in [2.05, 4.69) is 259 Å². The van der Waals surface area contributed by atoms with Crippen LogP contribution < -0.4 is 4.90 Å². The maximum atomic E-state index is 2.59. The minimum absolute atomic E-state index is 0.488. The molecule has 0 radical (unpaired) electrons. The highest BCUT2D eigenvalue weighted by Gasteiger charge is 2.48. The molecule has 0 atom stereocenters. The summed E-state index contributed by atoms with van der Waals surface area (Å²) >= 11 is 1.81. The zero-order chi connectivity index (χ0) is 46.9. The molecule has 0 unspecified atom stereocenters. The van der Waals surface area contributed by atoms with Crippen molar-refractivity contribution in [3.8, 4) is 33.4 Å². The second kappa shape index (κ2) is 16.8. The van der Waals surface area contributed by atoms with Gasteiger partial charge in [0.1, 0.15) is 0 Å². The number of nitrogens with zero attached hydrogens (tertiary/aromatic N) is 1. The highest BCUT2D eigenvalue weighted by molar-refractivity contribution is 7.17. The lowest BCUT2D eigenvalue weighted by atomic mass is 9.67. The van der Waals surface area contributed by atoms with Crippen molar-refractivity contribution < 1.29 is 0 Å². The fourth-order valence-electron chi connectivity index (χ4n) is 13.2. The molecule has 338 valence electrons. The van der Waals surface area contributed by atoms with Gasteiger partial charge in [-0.15, -0.1) is 11.3 Å². The third-order valence-electron chi connectivity index (χ3n) is 16.2. The van der Waals surface area contributed by atoms with Crippen molar-refractivity contribution in [2.45, 2.75) is 42.4 Å². The molecule has 1 aromatic heterocycles. The average Bonchev–Trinajstić information content (AvgIpc) is 4.27. The van der Waals surface area contributed by atoms with Gasteiger partial charge < -0.3 is 4.90 Å². The Labute approximate surface area is 421 Å². The summed E-state index contributed by atoms with van der Waals surface area (Å²) in [4.78, 5) is 2.59. The van der Waals surface area contributed by atoms with Gasteiger partial charge in [0.15, 0.2) is 0 Å². The summed E-state index contributed by atoms with van der Waals surface area (Å²) in [7, 11) is 0. The van der Waals surface area contributed by atoms with Crippen molar-refractivity contribution in [1.29, 1.82) is 0 Å². The summed E-state index contributed by atoms with van der Waals surface area (Å²) in [5.41, 5.74) is 21.8. The van der Waals surface area contributed by atoms with E-state index >= 15 is 0 Å². The summed E-state index contributed by atoms with van der Waals surface area (Å²) in [6.07, 6.45) is 4.99. The molecule has 1 fully saturated rings. The Hall–Kier alpha value is -8.04. The number of rotatable bonds is 9. The normalized spacial score (nSPS) is 15.0. The summed E-state index contributed by atoms with van der Waals surface area (Å²) < 4.78 is 1.32. The molecule has 0 bridgehead atoms. The first-order valence-corrected chi connectivity index (χ1v) is 26.2. The molecule has 10 aromatic carbocycles. The van der Waals surface area contributed by atoms with Gasteiger partial charge in [-0.05, 0) is 168 Å². The third-order valence-corrected chi connectivity index (χ3v) is 17.1. The van der Waals surface area contributed by atoms with Crippen LogP contribution >= 0.6 is 11.3 Å². The van der Waals surface area contributed by atoms with Gasteiger partial charge in [0.25, 0.3) is 0 Å². The minimum atomic E-state index is -0.537. The van der Waals surface area contributed by atoms with Gasteiger partial charge in [0.2, 0.25) is 0 Å². The zero-order valence-corrected chi connectivity index (χ0v) is 40.3. The number of benzene rings is 10. The second-order valence-electron chi connectivity index (χ2n) is 19.8. The molecule has 0 N–H and O–H groups in total. The van der Waals surface area contributed by atoms with Gasteiger partial charge in [-0.1, -0.05) is 207 Å². The van der Waals surface area contributed by atoms with Gasteiger partial charge in [0, 0.05) is 21.8 Å². The van der Waals surface area contributed by atoms with Crippen LogP contribution in [0.15, 0.2) is 254 Å². The quantitative estimate of drug-likeness (QED) is 0.139. The molecule has 0 spiro atoms. The van der Waals surface area contributed by atoms with Gasteiger partial charge >= 0.3 is 0 Å². The topological polar surface area (TPSA) is 3.24 Å². The van der Waals surface area contributed by atoms with Gasteiger partial charge in [-0.25, -0.2) is 0 Å². The molecule has 1 saturated carbocycles. The van der Waals surface area contributed by atoms with E-state index in [9.17, 15) is 0 Å². The average molecular weight is 926 g/mol. The van der Waals surface area contributed by atoms with Gasteiger partial charge in [0.05, 0.1) is 10.8 Å². The molecular formula is C69H51NS. The van der Waals surface area contributed by atoms with E-state index in [4.69, 9.17) is 0 Å². The van der Waals surface area contributed by atoms with E-state index in [0.29, 0.717) is 5.92 Å². The number of anilines is 3. The minimum Gasteiger partial charge on any atom is -0.310 e. The van der Waals surface area contributed by atoms with Crippen LogP contribution in [0.2, 0.25) is 0 Å². The van der Waals surface area contributed by atoms with E-state index in [1.165, 1.54) is 125 Å². The van der Waals surface area contributed by atoms with Crippen LogP contribution in [0.5, 0.6) is 0 Å². The van der Waals surface area contributed by atoms with Crippen LogP contribution in [0.3, 0.4) is 0 Å². The maximum absolute atomic E-state index is 2.59. The first-order valence-electron chi connectivity index (χ1n) is 25.3. The van der Waals surface area contributed by atoms with Crippen molar-refractivity contribution in [2.75, 3.05) is 4.90 Å². The number of thiophene rings is 1. The zero-order valence-electron chi connectivity index (χ0n) is 39.5. The van der Waals surface area contributed by atoms with Crippen LogP contribution in [0.4, 0.5) is 17.1 Å². The standard InChI is InChI=1S/C69H51NS/c1-5-21-52(22-6-1)68(53-23-7-2-8-24-53)64-32-18-16-30-60(64)62-45-56(35-37-65(62)68)70(58-43-50(47-19-13-14-20-47)42-51(44-58)48-33-38-67-49(41-48)39-40-71-67)57-34-36-61-59-29-15-17-31-63(59)69(66(61)46-57,54-25-9-3-10-26-54)55-27-11-4-12-28-55/h1-12,15-18,21-47H,13-14,19-20H2. The van der Waals surface area contributed by atoms with E-state index in [0.717, 1.165) is 11.4 Å². The first-order chi connectivity index (χ1) is 35.2. The Bertz CT molecular complexity index is 3690. The predicted molar refractivity (Wildman–Crippen MR) is 298 cm³/mol. The summed E-state index contributed by atoms with van der Waals surface area (Å²) in [5.74, 6) is 0.517. The summed E-state index contributed by atoms with van der Waals surface area (Å²) in [6, 6.07) is 94.5. The molecule has 11 aromatic rings. The fraction of sp³-hybridized carbons (Fsp3) is 0.101. The molecule has 3 aliphatic carbocycles. The predicted octanol–water partition coefficient (Wildman–Crippen LogP) is 18.4. The lowest BCUT2D eigenvalue weighted by Gasteiger charge is -2.35. The Morgan fingerprint density at radius 2 is 0.859 bits per heavy atom. The van der Waals surface area contributed by atoms with Crippen molar-refractivity contribution in [3.63, 3.8) is 0 Å². The monoisotopic (exact) mass is 925 g/mol. The summed E-state index contributed by atoms with van der Waals surface area (Å²) in [6.45, 7) is 0. The van der Waals surface area contributed by atoms with E-state index in [-0.39, 0.29) is 0 Å². The highest BCUT2D eigenvalue weighted by atomic mass is 32.1. The molecule has 14 rings (SSSR count). The van der Waals surface area contributed by atoms with E-state index in [1.807, 2.05) is 11.3 Å². The molecular weight excluding hydrogens is 875 g/mol. The van der Waals surface area contributed by atoms with Crippen LogP contribution in [0.1, 0.15) is 81.7 Å². The molecule has 71 heavy (non-hydrogen) atoms. The molecule has 2 heteroatoms. The van der Waals surface area contributed by atoms with Gasteiger partial charge in [-0.3, -0.25) is 0 Å². The van der Waals surface area contributed by atoms with Crippen molar-refractivity contribution in [1.82, 2.24) is 0 Å². The van der Waals surface area contributed by atoms with Crippen molar-refractivity contribution in [3.05, 3.63) is 304 Å². The number of hydrogen-bond acceptors (Lipinski definition) is 2. The van der Waals surface area contributed by atoms with Crippen LogP contribution in [-0.2, 0) is 10.8 Å². The maximum Gasteiger partial charge on any atom is 0.0714 e. The molecule has 3 aliphatic rings. The molecule has 0 aliphatic heterocycles. The Morgan fingerprint density at radius 1 is 0.352 bits per heavy atom. The Balaban J connectivity index is 1.05. The van der Waals surface area contributed by atoms with Crippen molar-refractivity contribution >= 4 is 38.5 Å². The molecule has 1 nitrogen and oxygen atoms in total. The lowest BCUT2D eigenvalue weighted by molar-refractivity contribution is 0.723. The Morgan fingerprint density at radius 3 is 1.48 bits per heavy atom. The first kappa shape index (κ1) is 41.9. The van der Waals surface area contributed by atoms with E-state index in [1.54, 1.807) is 0 Å². The van der Waals surface area contributed by atoms with E-state index < -0.39 is 10.8 Å². The SMILES string of the molecule is c1ccc(C2(c3ccccc3)c3ccccc3-c3cc(N(c4cc(-c5ccc6sccc6c5)cc(C5CCCC5)c4)c4ccc5c(c4)C(c4ccccc4)(c4ccccc4)c4ccccc4-5)ccc32)cc1. The van der Waals surface area contributed by atoms with Crippen molar-refractivity contribution in [2.24, 2.45) is 0 Å². The highest BCUT2D eigenvalue weighted by Crippen LogP contribution is 2.60. The Kier molecular flexibility index (Phi) is 9.93. The fourth-order valence-corrected chi connectivity index (χ4v) is 13.9. The number of hydrogen-bond donors (Lipinski definition) is 0. The van der Waals surface area contributed by atoms with Crippen LogP contribution in [0.25, 0.3) is 43.5 Å². The second-order valence-corrected chi connectivity index (χ2v) is 20.8. The number of fused-ring (bicyclic) bond motifs is 7. The smallest absolute Gasteiger partial charge is 0.0714 e. The molecule has 0 amide bonds. The summed E-state index contributed by atoms with van der Waals surface area (Å²) in [5, 5.41) is 3.51. The van der Waals surface area contributed by atoms with Crippen LogP contribution in [0, 0.1) is 0 Å². The van der Waals surface area contributed by atoms with Gasteiger partial charge in [-0.2, -0.15) is 0 Å². The lowest BCUT2D eigenvalue weighted by Crippen LogP contribution is -2.29.